The molecule has 1 aromatic heterocycles. The first-order chi connectivity index (χ1) is 10.3. The number of hydrogen-bond acceptors (Lipinski definition) is 3. The Bertz CT molecular complexity index is 516. The van der Waals surface area contributed by atoms with Crippen molar-refractivity contribution in [3.8, 4) is 0 Å². The number of imidazole rings is 1. The van der Waals surface area contributed by atoms with Gasteiger partial charge in [-0.3, -0.25) is 4.79 Å². The van der Waals surface area contributed by atoms with E-state index < -0.39 is 18.8 Å². The Balaban J connectivity index is 1.98. The molecule has 0 bridgehead atoms. The van der Waals surface area contributed by atoms with Crippen LogP contribution in [0, 0.1) is 5.92 Å². The van der Waals surface area contributed by atoms with E-state index in [0.29, 0.717) is 19.0 Å². The van der Waals surface area contributed by atoms with Gasteiger partial charge in [0, 0.05) is 25.5 Å². The number of amides is 1. The molecule has 2 rings (SSSR count). The fourth-order valence-electron chi connectivity index (χ4n) is 2.75. The van der Waals surface area contributed by atoms with Crippen molar-refractivity contribution in [2.75, 3.05) is 13.1 Å². The topological polar surface area (TPSA) is 58.4 Å². The van der Waals surface area contributed by atoms with Gasteiger partial charge in [0.1, 0.15) is 18.5 Å². The number of halogens is 3. The molecule has 1 amide bonds. The third-order valence-electron chi connectivity index (χ3n) is 3.77. The van der Waals surface area contributed by atoms with Crippen molar-refractivity contribution >= 4 is 5.91 Å². The first-order valence-corrected chi connectivity index (χ1v) is 7.30. The van der Waals surface area contributed by atoms with Gasteiger partial charge in [0.15, 0.2) is 0 Å². The molecule has 1 fully saturated rings. The summed E-state index contributed by atoms with van der Waals surface area (Å²) in [5, 5.41) is 10.1. The number of hydrogen-bond donors (Lipinski definition) is 1. The normalized spacial score (nSPS) is 21.0. The SMILES string of the molecule is C[C@@H]1CCCN(C(=O)CC(O)c2nccn2CC(F)(F)F)C1. The van der Waals surface area contributed by atoms with E-state index in [9.17, 15) is 23.1 Å². The molecule has 1 aromatic rings. The third kappa shape index (κ3) is 4.46. The highest BCUT2D eigenvalue weighted by Crippen LogP contribution is 2.23. The van der Waals surface area contributed by atoms with Crippen molar-refractivity contribution in [3.63, 3.8) is 0 Å². The molecule has 1 aliphatic heterocycles. The number of nitrogens with zero attached hydrogens (tertiary/aromatic N) is 3. The predicted octanol–water partition coefficient (Wildman–Crippen LogP) is 2.13. The van der Waals surface area contributed by atoms with Gasteiger partial charge in [-0.25, -0.2) is 4.98 Å². The van der Waals surface area contributed by atoms with E-state index in [1.165, 1.54) is 6.20 Å². The minimum absolute atomic E-state index is 0.129. The summed E-state index contributed by atoms with van der Waals surface area (Å²) < 4.78 is 38.2. The van der Waals surface area contributed by atoms with Crippen molar-refractivity contribution in [1.29, 1.82) is 0 Å². The van der Waals surface area contributed by atoms with Gasteiger partial charge in [0.05, 0.1) is 6.42 Å². The average Bonchev–Trinajstić information content (AvgIpc) is 2.84. The highest BCUT2D eigenvalue weighted by Gasteiger charge is 2.31. The molecule has 1 unspecified atom stereocenters. The molecule has 1 saturated heterocycles. The number of rotatable bonds is 4. The van der Waals surface area contributed by atoms with Crippen LogP contribution in [0.1, 0.15) is 38.1 Å². The van der Waals surface area contributed by atoms with Crippen LogP contribution in [0.25, 0.3) is 0 Å². The number of likely N-dealkylation sites (tertiary alicyclic amines) is 1. The highest BCUT2D eigenvalue weighted by molar-refractivity contribution is 5.76. The quantitative estimate of drug-likeness (QED) is 0.925. The zero-order valence-corrected chi connectivity index (χ0v) is 12.4. The number of alkyl halides is 3. The Kier molecular flexibility index (Phi) is 5.10. The van der Waals surface area contributed by atoms with E-state index in [1.807, 2.05) is 6.92 Å². The van der Waals surface area contributed by atoms with Crippen LogP contribution in [-0.2, 0) is 11.3 Å². The number of aromatic nitrogens is 2. The monoisotopic (exact) mass is 319 g/mol. The molecule has 22 heavy (non-hydrogen) atoms. The van der Waals surface area contributed by atoms with Crippen LogP contribution in [0.5, 0.6) is 0 Å². The first-order valence-electron chi connectivity index (χ1n) is 7.30. The molecule has 5 nitrogen and oxygen atoms in total. The molecule has 0 spiro atoms. The van der Waals surface area contributed by atoms with Gasteiger partial charge in [-0.05, 0) is 18.8 Å². The van der Waals surface area contributed by atoms with Crippen LogP contribution in [0.2, 0.25) is 0 Å². The molecule has 0 aliphatic carbocycles. The van der Waals surface area contributed by atoms with Crippen LogP contribution in [-0.4, -0.2) is 44.7 Å². The summed E-state index contributed by atoms with van der Waals surface area (Å²) in [6, 6.07) is 0. The van der Waals surface area contributed by atoms with Gasteiger partial charge in [-0.1, -0.05) is 6.92 Å². The van der Waals surface area contributed by atoms with Crippen molar-refractivity contribution in [1.82, 2.24) is 14.5 Å². The minimum Gasteiger partial charge on any atom is -0.385 e. The smallest absolute Gasteiger partial charge is 0.385 e. The lowest BCUT2D eigenvalue weighted by Crippen LogP contribution is -2.39. The molecule has 124 valence electrons. The summed E-state index contributed by atoms with van der Waals surface area (Å²) in [5.74, 6) is 0.0263. The molecule has 0 radical (unpaired) electrons. The zero-order valence-electron chi connectivity index (χ0n) is 12.4. The molecule has 8 heteroatoms. The zero-order chi connectivity index (χ0) is 16.3. The largest absolute Gasteiger partial charge is 0.406 e. The molecular weight excluding hydrogens is 299 g/mol. The van der Waals surface area contributed by atoms with Gasteiger partial charge >= 0.3 is 6.18 Å². The van der Waals surface area contributed by atoms with E-state index in [-0.39, 0.29) is 18.2 Å². The number of carbonyl (C=O) groups excluding carboxylic acids is 1. The Hall–Kier alpha value is -1.57. The van der Waals surface area contributed by atoms with Crippen LogP contribution in [0.15, 0.2) is 12.4 Å². The van der Waals surface area contributed by atoms with Gasteiger partial charge in [-0.2, -0.15) is 13.2 Å². The lowest BCUT2D eigenvalue weighted by atomic mass is 10.00. The van der Waals surface area contributed by atoms with Gasteiger partial charge in [0.2, 0.25) is 5.91 Å². The molecule has 2 heterocycles. The molecule has 1 aliphatic rings. The van der Waals surface area contributed by atoms with Crippen LogP contribution >= 0.6 is 0 Å². The maximum absolute atomic E-state index is 12.5. The third-order valence-corrected chi connectivity index (χ3v) is 3.77. The van der Waals surface area contributed by atoms with E-state index >= 15 is 0 Å². The van der Waals surface area contributed by atoms with E-state index in [4.69, 9.17) is 0 Å². The van der Waals surface area contributed by atoms with Gasteiger partial charge in [0.25, 0.3) is 0 Å². The van der Waals surface area contributed by atoms with Gasteiger partial charge < -0.3 is 14.6 Å². The average molecular weight is 319 g/mol. The van der Waals surface area contributed by atoms with Crippen molar-refractivity contribution in [3.05, 3.63) is 18.2 Å². The highest BCUT2D eigenvalue weighted by atomic mass is 19.4. The second kappa shape index (κ2) is 6.68. The first kappa shape index (κ1) is 16.8. The van der Waals surface area contributed by atoms with Crippen LogP contribution in [0.3, 0.4) is 0 Å². The van der Waals surface area contributed by atoms with Crippen molar-refractivity contribution in [2.24, 2.45) is 5.92 Å². The van der Waals surface area contributed by atoms with E-state index in [2.05, 4.69) is 4.98 Å². The van der Waals surface area contributed by atoms with Crippen LogP contribution in [0.4, 0.5) is 13.2 Å². The lowest BCUT2D eigenvalue weighted by Gasteiger charge is -2.31. The predicted molar refractivity (Wildman–Crippen MR) is 72.8 cm³/mol. The summed E-state index contributed by atoms with van der Waals surface area (Å²) in [6.45, 7) is 2.08. The minimum atomic E-state index is -4.40. The summed E-state index contributed by atoms with van der Waals surface area (Å²) >= 11 is 0. The summed E-state index contributed by atoms with van der Waals surface area (Å²) in [6.07, 6.45) is -1.67. The van der Waals surface area contributed by atoms with Gasteiger partial charge in [-0.15, -0.1) is 0 Å². The van der Waals surface area contributed by atoms with E-state index in [1.54, 1.807) is 4.90 Å². The number of piperidine rings is 1. The second-order valence-corrected chi connectivity index (χ2v) is 5.84. The maximum atomic E-state index is 12.5. The summed E-state index contributed by atoms with van der Waals surface area (Å²) in [7, 11) is 0. The maximum Gasteiger partial charge on any atom is 0.406 e. The Morgan fingerprint density at radius 3 is 2.91 bits per heavy atom. The molecule has 2 atom stereocenters. The number of aliphatic hydroxyl groups excluding tert-OH is 1. The second-order valence-electron chi connectivity index (χ2n) is 5.84. The Morgan fingerprint density at radius 2 is 2.27 bits per heavy atom. The summed E-state index contributed by atoms with van der Waals surface area (Å²) in [4.78, 5) is 17.6. The molecule has 1 N–H and O–H groups in total. The van der Waals surface area contributed by atoms with Crippen molar-refractivity contribution < 1.29 is 23.1 Å². The van der Waals surface area contributed by atoms with E-state index in [0.717, 1.165) is 23.6 Å². The number of carbonyl (C=O) groups is 1. The molecule has 0 saturated carbocycles. The van der Waals surface area contributed by atoms with Crippen LogP contribution < -0.4 is 0 Å². The number of aliphatic hydroxyl groups is 1. The Morgan fingerprint density at radius 1 is 1.55 bits per heavy atom. The summed E-state index contributed by atoms with van der Waals surface area (Å²) in [5.41, 5.74) is 0. The fourth-order valence-corrected chi connectivity index (χ4v) is 2.75. The molecule has 0 aromatic carbocycles. The fraction of sp³-hybridized carbons (Fsp3) is 0.714. The standard InChI is InChI=1S/C14H20F3N3O2/c1-10-3-2-5-19(8-10)12(22)7-11(21)13-18-4-6-20(13)9-14(15,16)17/h4,6,10-11,21H,2-3,5,7-9H2,1H3/t10-,11?/m1/s1. The lowest BCUT2D eigenvalue weighted by molar-refractivity contribution is -0.141. The molecular formula is C14H20F3N3O2. The van der Waals surface area contributed by atoms with Crippen molar-refractivity contribution in [2.45, 2.75) is 45.0 Å². The Labute approximate surface area is 126 Å².